The molecule has 1 aliphatic rings. The summed E-state index contributed by atoms with van der Waals surface area (Å²) in [6, 6.07) is 0. The van der Waals surface area contributed by atoms with E-state index in [1.165, 1.54) is 14.2 Å². The third-order valence-electron chi connectivity index (χ3n) is 4.18. The minimum absolute atomic E-state index is 0.0671. The Morgan fingerprint density at radius 2 is 1.74 bits per heavy atom. The van der Waals surface area contributed by atoms with Gasteiger partial charge in [-0.05, 0) is 41.5 Å². The van der Waals surface area contributed by atoms with Gasteiger partial charge in [0.05, 0.1) is 18.6 Å². The van der Waals surface area contributed by atoms with Crippen molar-refractivity contribution in [3.8, 4) is 0 Å². The van der Waals surface area contributed by atoms with Crippen LogP contribution in [0, 0.1) is 5.92 Å². The van der Waals surface area contributed by atoms with Crippen LogP contribution in [0.15, 0.2) is 0 Å². The highest BCUT2D eigenvalue weighted by atomic mass is 16.8. The van der Waals surface area contributed by atoms with Crippen LogP contribution in [0.4, 0.5) is 0 Å². The molecule has 1 aliphatic heterocycles. The number of rotatable bonds is 5. The molecule has 1 heterocycles. The van der Waals surface area contributed by atoms with Crippen LogP contribution in [0.3, 0.4) is 0 Å². The Balaban J connectivity index is 2.82. The maximum Gasteiger partial charge on any atom is 0.311 e. The smallest absolute Gasteiger partial charge is 0.311 e. The minimum atomic E-state index is -1.22. The van der Waals surface area contributed by atoms with Crippen molar-refractivity contribution in [2.24, 2.45) is 5.92 Å². The van der Waals surface area contributed by atoms with Gasteiger partial charge in [0.25, 0.3) is 0 Å². The minimum Gasteiger partial charge on any atom is -0.460 e. The van der Waals surface area contributed by atoms with Gasteiger partial charge in [-0.2, -0.15) is 0 Å². The average Bonchev–Trinajstić information content (AvgIpc) is 2.46. The summed E-state index contributed by atoms with van der Waals surface area (Å²) in [5.74, 6) is -3.60. The van der Waals surface area contributed by atoms with Crippen molar-refractivity contribution in [2.75, 3.05) is 20.8 Å². The average molecular weight is 334 g/mol. The molecule has 23 heavy (non-hydrogen) atoms. The molecular formula is C16H30O7. The molecule has 1 N–H and O–H groups in total. The molecule has 0 unspecified atom stereocenters. The zero-order valence-electron chi connectivity index (χ0n) is 15.3. The summed E-state index contributed by atoms with van der Waals surface area (Å²) < 4.78 is 27.6. The van der Waals surface area contributed by atoms with Crippen LogP contribution >= 0.6 is 0 Å². The number of ether oxygens (including phenoxy) is 5. The maximum atomic E-state index is 12.1. The van der Waals surface area contributed by atoms with E-state index in [1.54, 1.807) is 41.5 Å². The summed E-state index contributed by atoms with van der Waals surface area (Å²) in [5, 5.41) is 10.5. The zero-order chi connectivity index (χ0) is 18.1. The van der Waals surface area contributed by atoms with Gasteiger partial charge in [-0.15, -0.1) is 0 Å². The number of esters is 1. The van der Waals surface area contributed by atoms with Gasteiger partial charge in [0, 0.05) is 14.2 Å². The molecule has 1 rings (SSSR count). The van der Waals surface area contributed by atoms with Gasteiger partial charge >= 0.3 is 5.97 Å². The lowest BCUT2D eigenvalue weighted by atomic mass is 9.97. The van der Waals surface area contributed by atoms with Gasteiger partial charge in [-0.1, -0.05) is 0 Å². The SMILES string of the molecule is CO[C@]1(C)OC[C@@H]([C@H](O)[C@@H](C)C(=O)OC(C)(C)C)O[C@@]1(C)OC. The van der Waals surface area contributed by atoms with Crippen LogP contribution in [0.1, 0.15) is 41.5 Å². The largest absolute Gasteiger partial charge is 0.460 e. The van der Waals surface area contributed by atoms with Crippen LogP contribution in [-0.2, 0) is 28.5 Å². The van der Waals surface area contributed by atoms with Crippen molar-refractivity contribution >= 4 is 5.97 Å². The first kappa shape index (κ1) is 20.3. The molecule has 0 aromatic heterocycles. The summed E-state index contributed by atoms with van der Waals surface area (Å²) in [6.45, 7) is 10.3. The molecule has 0 aliphatic carbocycles. The predicted molar refractivity (Wildman–Crippen MR) is 82.7 cm³/mol. The molecular weight excluding hydrogens is 304 g/mol. The fraction of sp³-hybridized carbons (Fsp3) is 0.938. The fourth-order valence-electron chi connectivity index (χ4n) is 2.30. The molecule has 1 fully saturated rings. The second-order valence-corrected chi connectivity index (χ2v) is 7.08. The first-order valence-electron chi connectivity index (χ1n) is 7.72. The van der Waals surface area contributed by atoms with Crippen molar-refractivity contribution in [3.05, 3.63) is 0 Å². The Morgan fingerprint density at radius 1 is 1.22 bits per heavy atom. The van der Waals surface area contributed by atoms with E-state index >= 15 is 0 Å². The first-order valence-corrected chi connectivity index (χ1v) is 7.72. The van der Waals surface area contributed by atoms with Gasteiger partial charge < -0.3 is 28.8 Å². The maximum absolute atomic E-state index is 12.1. The van der Waals surface area contributed by atoms with Gasteiger partial charge in [0.1, 0.15) is 11.7 Å². The predicted octanol–water partition coefficient (Wildman–Crippen LogP) is 1.47. The fourth-order valence-corrected chi connectivity index (χ4v) is 2.30. The number of carbonyl (C=O) groups is 1. The zero-order valence-corrected chi connectivity index (χ0v) is 15.3. The van der Waals surface area contributed by atoms with Gasteiger partial charge in [-0.25, -0.2) is 0 Å². The van der Waals surface area contributed by atoms with Gasteiger partial charge in [-0.3, -0.25) is 4.79 Å². The quantitative estimate of drug-likeness (QED) is 0.762. The lowest BCUT2D eigenvalue weighted by Gasteiger charge is -2.50. The topological polar surface area (TPSA) is 83.5 Å². The first-order chi connectivity index (χ1) is 10.4. The molecule has 7 heteroatoms. The monoisotopic (exact) mass is 334 g/mol. The highest BCUT2D eigenvalue weighted by Gasteiger charge is 2.55. The standard InChI is InChI=1S/C16H30O7/c1-10(13(18)23-14(2,3)4)12(17)11-9-21-15(5,19-7)16(6,20-8)22-11/h10-12,17H,9H2,1-8H3/t10-,11+,12-,15-,16-/m1/s1. The summed E-state index contributed by atoms with van der Waals surface area (Å²) in [6.07, 6.45) is -1.84. The third-order valence-corrected chi connectivity index (χ3v) is 4.18. The summed E-state index contributed by atoms with van der Waals surface area (Å²) in [4.78, 5) is 12.1. The Kier molecular flexibility index (Phi) is 6.21. The number of aliphatic hydroxyl groups excluding tert-OH is 1. The highest BCUT2D eigenvalue weighted by molar-refractivity contribution is 5.73. The van der Waals surface area contributed by atoms with E-state index in [0.29, 0.717) is 0 Å². The van der Waals surface area contributed by atoms with Crippen molar-refractivity contribution in [1.29, 1.82) is 0 Å². The lowest BCUT2D eigenvalue weighted by molar-refractivity contribution is -0.437. The second-order valence-electron chi connectivity index (χ2n) is 7.08. The molecule has 136 valence electrons. The number of hydrogen-bond donors (Lipinski definition) is 1. The van der Waals surface area contributed by atoms with E-state index in [0.717, 1.165) is 0 Å². The Morgan fingerprint density at radius 3 is 2.17 bits per heavy atom. The van der Waals surface area contributed by atoms with E-state index in [9.17, 15) is 9.90 Å². The summed E-state index contributed by atoms with van der Waals surface area (Å²) in [5.41, 5.74) is -0.620. The van der Waals surface area contributed by atoms with Crippen LogP contribution in [-0.4, -0.2) is 61.3 Å². The highest BCUT2D eigenvalue weighted by Crippen LogP contribution is 2.38. The van der Waals surface area contributed by atoms with E-state index in [2.05, 4.69) is 0 Å². The molecule has 0 aromatic carbocycles. The second kappa shape index (κ2) is 7.03. The molecule has 0 radical (unpaired) electrons. The molecule has 5 atom stereocenters. The number of aliphatic hydroxyl groups is 1. The van der Waals surface area contributed by atoms with Crippen LogP contribution in [0.5, 0.6) is 0 Å². The van der Waals surface area contributed by atoms with E-state index in [1.807, 2.05) is 0 Å². The van der Waals surface area contributed by atoms with Gasteiger partial charge in [0.2, 0.25) is 11.6 Å². The molecule has 0 bridgehead atoms. The third kappa shape index (κ3) is 4.42. The molecule has 0 aromatic rings. The van der Waals surface area contributed by atoms with Crippen molar-refractivity contribution in [3.63, 3.8) is 0 Å². The molecule has 0 spiro atoms. The van der Waals surface area contributed by atoms with Crippen LogP contribution in [0.25, 0.3) is 0 Å². The number of hydrogen-bond acceptors (Lipinski definition) is 7. The normalized spacial score (nSPS) is 34.7. The summed E-state index contributed by atoms with van der Waals surface area (Å²) >= 11 is 0. The molecule has 0 amide bonds. The van der Waals surface area contributed by atoms with Crippen molar-refractivity contribution < 1.29 is 33.6 Å². The van der Waals surface area contributed by atoms with Crippen LogP contribution < -0.4 is 0 Å². The van der Waals surface area contributed by atoms with E-state index < -0.39 is 41.3 Å². The summed E-state index contributed by atoms with van der Waals surface area (Å²) in [7, 11) is 2.95. The Bertz CT molecular complexity index is 419. The van der Waals surface area contributed by atoms with Crippen LogP contribution in [0.2, 0.25) is 0 Å². The number of carbonyl (C=O) groups excluding carboxylic acids is 1. The van der Waals surface area contributed by atoms with Crippen molar-refractivity contribution in [1.82, 2.24) is 0 Å². The van der Waals surface area contributed by atoms with E-state index in [4.69, 9.17) is 23.7 Å². The Hall–Kier alpha value is -0.730. The van der Waals surface area contributed by atoms with Crippen molar-refractivity contribution in [2.45, 2.75) is 70.9 Å². The Labute approximate surface area is 138 Å². The molecule has 7 nitrogen and oxygen atoms in total. The van der Waals surface area contributed by atoms with Gasteiger partial charge in [0.15, 0.2) is 0 Å². The lowest BCUT2D eigenvalue weighted by Crippen LogP contribution is -2.64. The molecule has 0 saturated carbocycles. The number of methoxy groups -OCH3 is 2. The molecule has 1 saturated heterocycles. The van der Waals surface area contributed by atoms with E-state index in [-0.39, 0.29) is 6.61 Å².